The highest BCUT2D eigenvalue weighted by molar-refractivity contribution is 14.1. The van der Waals surface area contributed by atoms with Crippen molar-refractivity contribution < 1.29 is 19.7 Å². The number of alkyl halides is 1. The van der Waals surface area contributed by atoms with Crippen LogP contribution in [0.4, 0.5) is 0 Å². The van der Waals surface area contributed by atoms with Crippen molar-refractivity contribution in [3.63, 3.8) is 0 Å². The molecule has 4 saturated carbocycles. The molecule has 0 amide bonds. The van der Waals surface area contributed by atoms with Gasteiger partial charge in [0, 0.05) is 18.4 Å². The number of aliphatic hydroxyl groups is 2. The van der Waals surface area contributed by atoms with E-state index in [1.165, 1.54) is 0 Å². The first kappa shape index (κ1) is 15.0. The van der Waals surface area contributed by atoms with Crippen LogP contribution >= 0.6 is 22.6 Å². The van der Waals surface area contributed by atoms with Crippen molar-refractivity contribution >= 4 is 28.6 Å². The average molecular weight is 394 g/mol. The highest BCUT2D eigenvalue weighted by Gasteiger charge is 2.64. The minimum Gasteiger partial charge on any atom is -0.458 e. The number of hydrogen-bond donors (Lipinski definition) is 2. The number of rotatable bonds is 4. The van der Waals surface area contributed by atoms with Gasteiger partial charge in [-0.2, -0.15) is 0 Å². The van der Waals surface area contributed by atoms with E-state index in [0.29, 0.717) is 25.2 Å². The van der Waals surface area contributed by atoms with Crippen molar-refractivity contribution in [2.24, 2.45) is 11.3 Å². The van der Waals surface area contributed by atoms with E-state index in [1.54, 1.807) is 0 Å². The zero-order chi connectivity index (χ0) is 14.6. The SMILES string of the molecule is CCC(I)C(=O)OC12CC3CC(O)(CC(CO)(C3)C1)C2. The molecule has 0 radical (unpaired) electrons. The van der Waals surface area contributed by atoms with Gasteiger partial charge in [0.05, 0.1) is 5.60 Å². The topological polar surface area (TPSA) is 66.8 Å². The van der Waals surface area contributed by atoms with Gasteiger partial charge in [-0.3, -0.25) is 4.79 Å². The minimum atomic E-state index is -0.741. The molecule has 0 aromatic heterocycles. The van der Waals surface area contributed by atoms with Crippen molar-refractivity contribution in [1.29, 1.82) is 0 Å². The molecule has 4 rings (SSSR count). The fourth-order valence-electron chi connectivity index (χ4n) is 5.23. The van der Waals surface area contributed by atoms with E-state index in [2.05, 4.69) is 22.6 Å². The first-order chi connectivity index (χ1) is 9.33. The smallest absolute Gasteiger partial charge is 0.319 e. The van der Waals surface area contributed by atoms with E-state index >= 15 is 0 Å². The molecule has 0 saturated heterocycles. The molecule has 4 bridgehead atoms. The number of ether oxygens (including phenoxy) is 1. The van der Waals surface area contributed by atoms with Crippen LogP contribution in [0.1, 0.15) is 51.9 Å². The van der Waals surface area contributed by atoms with Gasteiger partial charge in [0.25, 0.3) is 0 Å². The molecule has 4 aliphatic rings. The Kier molecular flexibility index (Phi) is 3.62. The second-order valence-corrected chi connectivity index (χ2v) is 8.87. The predicted octanol–water partition coefficient (Wildman–Crippen LogP) is 2.19. The maximum atomic E-state index is 12.2. The summed E-state index contributed by atoms with van der Waals surface area (Å²) in [6.45, 7) is 2.06. The van der Waals surface area contributed by atoms with Gasteiger partial charge in [-0.1, -0.05) is 29.5 Å². The zero-order valence-electron chi connectivity index (χ0n) is 11.9. The van der Waals surface area contributed by atoms with Gasteiger partial charge in [-0.15, -0.1) is 0 Å². The van der Waals surface area contributed by atoms with Crippen molar-refractivity contribution in [1.82, 2.24) is 0 Å². The standard InChI is InChI=1S/C15H23IO4/c1-2-11(16)12(18)20-15-5-10-3-13(7-15,9-17)6-14(19,4-10)8-15/h10-11,17,19H,2-9H2,1H3. The van der Waals surface area contributed by atoms with Crippen LogP contribution in [0.25, 0.3) is 0 Å². The molecule has 0 aliphatic heterocycles. The van der Waals surface area contributed by atoms with E-state index in [-0.39, 0.29) is 21.9 Å². The lowest BCUT2D eigenvalue weighted by Gasteiger charge is -2.63. The van der Waals surface area contributed by atoms with Gasteiger partial charge in [0.2, 0.25) is 0 Å². The van der Waals surface area contributed by atoms with Crippen LogP contribution in [-0.2, 0) is 9.53 Å². The van der Waals surface area contributed by atoms with Crippen molar-refractivity contribution in [2.45, 2.75) is 67.0 Å². The molecule has 0 heterocycles. The summed E-state index contributed by atoms with van der Waals surface area (Å²) in [6, 6.07) is 0. The van der Waals surface area contributed by atoms with Gasteiger partial charge in [0.15, 0.2) is 0 Å². The summed E-state index contributed by atoms with van der Waals surface area (Å²) in [5, 5.41) is 20.6. The number of carbonyl (C=O) groups excluding carboxylic acids is 1. The normalized spacial score (nSPS) is 47.3. The van der Waals surface area contributed by atoms with Crippen molar-refractivity contribution in [3.8, 4) is 0 Å². The quantitative estimate of drug-likeness (QED) is 0.436. The second kappa shape index (κ2) is 4.81. The Bertz CT molecular complexity index is 428. The molecule has 0 aromatic carbocycles. The molecule has 4 nitrogen and oxygen atoms in total. The summed E-state index contributed by atoms with van der Waals surface area (Å²) in [5.41, 5.74) is -1.51. The summed E-state index contributed by atoms with van der Waals surface area (Å²) < 4.78 is 5.75. The van der Waals surface area contributed by atoms with Crippen LogP contribution in [0.5, 0.6) is 0 Å². The Morgan fingerprint density at radius 3 is 2.70 bits per heavy atom. The Morgan fingerprint density at radius 2 is 2.10 bits per heavy atom. The fraction of sp³-hybridized carbons (Fsp3) is 0.933. The average Bonchev–Trinajstić information content (AvgIpc) is 2.34. The Morgan fingerprint density at radius 1 is 1.35 bits per heavy atom. The monoisotopic (exact) mass is 394 g/mol. The molecule has 5 atom stereocenters. The Balaban J connectivity index is 1.85. The molecular formula is C15H23IO4. The fourth-order valence-corrected chi connectivity index (χ4v) is 5.36. The van der Waals surface area contributed by atoms with E-state index in [4.69, 9.17) is 4.74 Å². The predicted molar refractivity (Wildman–Crippen MR) is 82.6 cm³/mol. The largest absolute Gasteiger partial charge is 0.458 e. The summed E-state index contributed by atoms with van der Waals surface area (Å²) in [7, 11) is 0. The first-order valence-electron chi connectivity index (χ1n) is 7.53. The maximum absolute atomic E-state index is 12.2. The third-order valence-electron chi connectivity index (χ3n) is 5.37. The van der Waals surface area contributed by atoms with Crippen LogP contribution < -0.4 is 0 Å². The van der Waals surface area contributed by atoms with Crippen LogP contribution in [0, 0.1) is 11.3 Å². The van der Waals surface area contributed by atoms with Crippen molar-refractivity contribution in [3.05, 3.63) is 0 Å². The number of hydrogen-bond acceptors (Lipinski definition) is 4. The zero-order valence-corrected chi connectivity index (χ0v) is 14.1. The van der Waals surface area contributed by atoms with Gasteiger partial charge in [0.1, 0.15) is 9.53 Å². The lowest BCUT2D eigenvalue weighted by atomic mass is 9.46. The lowest BCUT2D eigenvalue weighted by molar-refractivity contribution is -0.248. The van der Waals surface area contributed by atoms with Gasteiger partial charge >= 0.3 is 5.97 Å². The molecule has 0 aromatic rings. The van der Waals surface area contributed by atoms with Crippen LogP contribution in [0.2, 0.25) is 0 Å². The Labute approximate surface area is 133 Å². The number of esters is 1. The van der Waals surface area contributed by atoms with E-state index in [9.17, 15) is 15.0 Å². The van der Waals surface area contributed by atoms with Crippen LogP contribution in [0.3, 0.4) is 0 Å². The summed E-state index contributed by atoms with van der Waals surface area (Å²) in [6.07, 6.45) is 5.31. The highest BCUT2D eigenvalue weighted by atomic mass is 127. The van der Waals surface area contributed by atoms with Crippen LogP contribution in [-0.4, -0.2) is 37.9 Å². The molecule has 0 spiro atoms. The molecule has 4 fully saturated rings. The lowest BCUT2D eigenvalue weighted by Crippen LogP contribution is -2.65. The van der Waals surface area contributed by atoms with Gasteiger partial charge in [-0.05, 0) is 44.4 Å². The molecule has 20 heavy (non-hydrogen) atoms. The summed E-state index contributed by atoms with van der Waals surface area (Å²) in [4.78, 5) is 12.2. The molecular weight excluding hydrogens is 371 g/mol. The van der Waals surface area contributed by atoms with E-state index in [0.717, 1.165) is 25.7 Å². The van der Waals surface area contributed by atoms with E-state index in [1.807, 2.05) is 6.92 Å². The first-order valence-corrected chi connectivity index (χ1v) is 8.78. The highest BCUT2D eigenvalue weighted by Crippen LogP contribution is 2.64. The molecule has 2 N–H and O–H groups in total. The van der Waals surface area contributed by atoms with E-state index < -0.39 is 11.2 Å². The second-order valence-electron chi connectivity index (χ2n) is 7.37. The minimum absolute atomic E-state index is 0.0898. The third kappa shape index (κ3) is 2.39. The molecule has 4 aliphatic carbocycles. The summed E-state index contributed by atoms with van der Waals surface area (Å²) in [5.74, 6) is 0.220. The Hall–Kier alpha value is 0.120. The van der Waals surface area contributed by atoms with Gasteiger partial charge < -0.3 is 14.9 Å². The number of aliphatic hydroxyl groups excluding tert-OH is 1. The third-order valence-corrected chi connectivity index (χ3v) is 6.76. The van der Waals surface area contributed by atoms with Crippen molar-refractivity contribution in [2.75, 3.05) is 6.61 Å². The number of carbonyl (C=O) groups is 1. The maximum Gasteiger partial charge on any atom is 0.319 e. The molecule has 5 heteroatoms. The molecule has 114 valence electrons. The molecule has 5 unspecified atom stereocenters. The number of halogens is 1. The summed E-state index contributed by atoms with van der Waals surface area (Å²) >= 11 is 2.12. The van der Waals surface area contributed by atoms with Crippen LogP contribution in [0.15, 0.2) is 0 Å². The van der Waals surface area contributed by atoms with Gasteiger partial charge in [-0.25, -0.2) is 0 Å².